The molecule has 0 spiro atoms. The first-order valence-corrected chi connectivity index (χ1v) is 7.67. The summed E-state index contributed by atoms with van der Waals surface area (Å²) in [6, 6.07) is 4.87. The molecule has 1 aromatic rings. The van der Waals surface area contributed by atoms with Crippen LogP contribution in [-0.2, 0) is 15.3 Å². The van der Waals surface area contributed by atoms with E-state index >= 15 is 0 Å². The third-order valence-electron chi connectivity index (χ3n) is 3.62. The minimum absolute atomic E-state index is 0.0168. The molecule has 4 heteroatoms. The number of phenolic OH excluding ortho intramolecular Hbond substituents is 1. The molecule has 0 radical (unpaired) electrons. The third-order valence-corrected chi connectivity index (χ3v) is 4.74. The SMILES string of the molecule is CCC(C)(CC)c1ccc(O)c(S(C)(=O)=O)c1. The summed E-state index contributed by atoms with van der Waals surface area (Å²) in [4.78, 5) is 0.0168. The monoisotopic (exact) mass is 256 g/mol. The first-order valence-electron chi connectivity index (χ1n) is 5.78. The second kappa shape index (κ2) is 4.69. The summed E-state index contributed by atoms with van der Waals surface area (Å²) in [5.74, 6) is -0.175. The summed E-state index contributed by atoms with van der Waals surface area (Å²) in [5.41, 5.74) is 0.911. The quantitative estimate of drug-likeness (QED) is 0.901. The smallest absolute Gasteiger partial charge is 0.179 e. The molecule has 17 heavy (non-hydrogen) atoms. The first-order chi connectivity index (χ1) is 7.74. The number of phenols is 1. The zero-order chi connectivity index (χ0) is 13.3. The Bertz CT molecular complexity index is 499. The lowest BCUT2D eigenvalue weighted by molar-refractivity contribution is 0.431. The van der Waals surface area contributed by atoms with Crippen LogP contribution in [0.4, 0.5) is 0 Å². The molecular formula is C13H20O3S. The van der Waals surface area contributed by atoms with Crippen molar-refractivity contribution in [3.8, 4) is 5.75 Å². The Hall–Kier alpha value is -1.03. The predicted octanol–water partition coefficient (Wildman–Crippen LogP) is 2.87. The highest BCUT2D eigenvalue weighted by atomic mass is 32.2. The van der Waals surface area contributed by atoms with Gasteiger partial charge in [-0.15, -0.1) is 0 Å². The summed E-state index contributed by atoms with van der Waals surface area (Å²) in [6.45, 7) is 6.26. The van der Waals surface area contributed by atoms with E-state index in [1.54, 1.807) is 12.1 Å². The van der Waals surface area contributed by atoms with Crippen LogP contribution in [0.2, 0.25) is 0 Å². The largest absolute Gasteiger partial charge is 0.507 e. The Labute approximate surface area is 103 Å². The molecule has 0 bridgehead atoms. The zero-order valence-electron chi connectivity index (χ0n) is 10.8. The van der Waals surface area contributed by atoms with Gasteiger partial charge >= 0.3 is 0 Å². The average Bonchev–Trinajstić information content (AvgIpc) is 2.27. The molecule has 0 fully saturated rings. The summed E-state index contributed by atoms with van der Waals surface area (Å²) in [5, 5.41) is 9.60. The fraction of sp³-hybridized carbons (Fsp3) is 0.538. The van der Waals surface area contributed by atoms with Gasteiger partial charge in [-0.1, -0.05) is 26.8 Å². The van der Waals surface area contributed by atoms with Gasteiger partial charge in [-0.25, -0.2) is 8.42 Å². The van der Waals surface area contributed by atoms with Crippen molar-refractivity contribution in [1.82, 2.24) is 0 Å². The van der Waals surface area contributed by atoms with Gasteiger partial charge in [0.15, 0.2) is 9.84 Å². The third kappa shape index (κ3) is 2.80. The van der Waals surface area contributed by atoms with E-state index in [2.05, 4.69) is 20.8 Å². The molecular weight excluding hydrogens is 236 g/mol. The Morgan fingerprint density at radius 3 is 2.18 bits per heavy atom. The zero-order valence-corrected chi connectivity index (χ0v) is 11.6. The van der Waals surface area contributed by atoms with Gasteiger partial charge in [0.25, 0.3) is 0 Å². The molecule has 0 saturated carbocycles. The summed E-state index contributed by atoms with van der Waals surface area (Å²) >= 11 is 0. The molecule has 0 aliphatic carbocycles. The Balaban J connectivity index is 3.41. The topological polar surface area (TPSA) is 54.4 Å². The van der Waals surface area contributed by atoms with Crippen molar-refractivity contribution >= 4 is 9.84 Å². The van der Waals surface area contributed by atoms with Gasteiger partial charge in [0.1, 0.15) is 10.6 Å². The van der Waals surface area contributed by atoms with E-state index in [4.69, 9.17) is 0 Å². The number of sulfone groups is 1. The number of aromatic hydroxyl groups is 1. The van der Waals surface area contributed by atoms with Crippen molar-refractivity contribution in [2.75, 3.05) is 6.26 Å². The minimum atomic E-state index is -3.38. The highest BCUT2D eigenvalue weighted by Gasteiger charge is 2.24. The summed E-state index contributed by atoms with van der Waals surface area (Å²) in [6.07, 6.45) is 2.97. The summed E-state index contributed by atoms with van der Waals surface area (Å²) in [7, 11) is -3.38. The Morgan fingerprint density at radius 2 is 1.76 bits per heavy atom. The highest BCUT2D eigenvalue weighted by molar-refractivity contribution is 7.90. The maximum absolute atomic E-state index is 11.5. The normalized spacial score (nSPS) is 12.7. The van der Waals surface area contributed by atoms with Crippen molar-refractivity contribution in [3.63, 3.8) is 0 Å². The van der Waals surface area contributed by atoms with Gasteiger partial charge in [0.05, 0.1) is 0 Å². The molecule has 1 aromatic carbocycles. The van der Waals surface area contributed by atoms with Gasteiger partial charge in [0.2, 0.25) is 0 Å². The standard InChI is InChI=1S/C13H20O3S/c1-5-13(3,6-2)10-7-8-11(14)12(9-10)17(4,15)16/h7-9,14H,5-6H2,1-4H3. The fourth-order valence-corrected chi connectivity index (χ4v) is 2.63. The van der Waals surface area contributed by atoms with Crippen LogP contribution in [-0.4, -0.2) is 19.8 Å². The van der Waals surface area contributed by atoms with Gasteiger partial charge < -0.3 is 5.11 Å². The van der Waals surface area contributed by atoms with Crippen molar-refractivity contribution < 1.29 is 13.5 Å². The van der Waals surface area contributed by atoms with E-state index in [0.29, 0.717) is 0 Å². The van der Waals surface area contributed by atoms with Crippen molar-refractivity contribution in [2.45, 2.75) is 43.9 Å². The van der Waals surface area contributed by atoms with Crippen LogP contribution in [0, 0.1) is 0 Å². The van der Waals surface area contributed by atoms with Crippen LogP contribution in [0.25, 0.3) is 0 Å². The molecule has 0 aliphatic rings. The van der Waals surface area contributed by atoms with E-state index in [1.165, 1.54) is 6.07 Å². The van der Waals surface area contributed by atoms with Crippen molar-refractivity contribution in [2.24, 2.45) is 0 Å². The van der Waals surface area contributed by atoms with E-state index in [1.807, 2.05) is 0 Å². The van der Waals surface area contributed by atoms with Crippen LogP contribution in [0.15, 0.2) is 23.1 Å². The lowest BCUT2D eigenvalue weighted by atomic mass is 9.78. The molecule has 0 saturated heterocycles. The number of hydrogen-bond donors (Lipinski definition) is 1. The molecule has 0 atom stereocenters. The second-order valence-corrected chi connectivity index (χ2v) is 6.71. The molecule has 0 aliphatic heterocycles. The Kier molecular flexibility index (Phi) is 3.87. The van der Waals surface area contributed by atoms with E-state index in [-0.39, 0.29) is 16.1 Å². The first kappa shape index (κ1) is 14.0. The lowest BCUT2D eigenvalue weighted by Gasteiger charge is -2.27. The van der Waals surface area contributed by atoms with Crippen molar-refractivity contribution in [3.05, 3.63) is 23.8 Å². The number of rotatable bonds is 4. The molecule has 0 heterocycles. The molecule has 96 valence electrons. The maximum Gasteiger partial charge on any atom is 0.179 e. The fourth-order valence-electron chi connectivity index (χ4n) is 1.84. The molecule has 0 amide bonds. The van der Waals surface area contributed by atoms with E-state index < -0.39 is 9.84 Å². The van der Waals surface area contributed by atoms with Crippen LogP contribution in [0.5, 0.6) is 5.75 Å². The molecule has 0 unspecified atom stereocenters. The summed E-state index contributed by atoms with van der Waals surface area (Å²) < 4.78 is 23.1. The molecule has 1 rings (SSSR count). The second-order valence-electron chi connectivity index (χ2n) is 4.72. The number of hydrogen-bond acceptors (Lipinski definition) is 3. The van der Waals surface area contributed by atoms with Gasteiger partial charge in [-0.05, 0) is 36.0 Å². The van der Waals surface area contributed by atoms with Crippen LogP contribution in [0.3, 0.4) is 0 Å². The van der Waals surface area contributed by atoms with E-state index in [0.717, 1.165) is 24.7 Å². The highest BCUT2D eigenvalue weighted by Crippen LogP contribution is 2.34. The van der Waals surface area contributed by atoms with Gasteiger partial charge in [-0.2, -0.15) is 0 Å². The maximum atomic E-state index is 11.5. The van der Waals surface area contributed by atoms with Crippen LogP contribution < -0.4 is 0 Å². The van der Waals surface area contributed by atoms with Gasteiger partial charge in [0, 0.05) is 6.26 Å². The minimum Gasteiger partial charge on any atom is -0.507 e. The number of benzene rings is 1. The average molecular weight is 256 g/mol. The van der Waals surface area contributed by atoms with Crippen LogP contribution >= 0.6 is 0 Å². The van der Waals surface area contributed by atoms with Crippen molar-refractivity contribution in [1.29, 1.82) is 0 Å². The molecule has 1 N–H and O–H groups in total. The van der Waals surface area contributed by atoms with E-state index in [9.17, 15) is 13.5 Å². The lowest BCUT2D eigenvalue weighted by Crippen LogP contribution is -2.19. The molecule has 3 nitrogen and oxygen atoms in total. The van der Waals surface area contributed by atoms with Gasteiger partial charge in [-0.3, -0.25) is 0 Å². The van der Waals surface area contributed by atoms with Crippen LogP contribution in [0.1, 0.15) is 39.2 Å². The molecule has 0 aromatic heterocycles. The Morgan fingerprint density at radius 1 is 1.24 bits per heavy atom. The predicted molar refractivity (Wildman–Crippen MR) is 69.2 cm³/mol.